The molecule has 1 heterocycles. The minimum Gasteiger partial charge on any atom is -0.481 e. The van der Waals surface area contributed by atoms with Gasteiger partial charge in [-0.1, -0.05) is 12.8 Å². The molecule has 1 aliphatic heterocycles. The second-order valence-corrected chi connectivity index (χ2v) is 4.22. The van der Waals surface area contributed by atoms with E-state index in [4.69, 9.17) is 5.11 Å². The molecular weight excluding hydrogens is 194 g/mol. The summed E-state index contributed by atoms with van der Waals surface area (Å²) in [5, 5.41) is 8.47. The molecule has 4 heteroatoms. The first-order valence-electron chi connectivity index (χ1n) is 5.63. The largest absolute Gasteiger partial charge is 0.481 e. The maximum Gasteiger partial charge on any atom is 0.303 e. The summed E-state index contributed by atoms with van der Waals surface area (Å²) in [4.78, 5) is 22.6. The first kappa shape index (κ1) is 12.0. The highest BCUT2D eigenvalue weighted by atomic mass is 16.4. The number of hydrogen-bond donors (Lipinski definition) is 1. The fourth-order valence-electron chi connectivity index (χ4n) is 2.06. The number of nitrogens with zero attached hydrogens (tertiary/aromatic N) is 1. The van der Waals surface area contributed by atoms with Crippen molar-refractivity contribution in [3.63, 3.8) is 0 Å². The molecule has 1 fully saturated rings. The van der Waals surface area contributed by atoms with Crippen molar-refractivity contribution in [1.82, 2.24) is 4.90 Å². The van der Waals surface area contributed by atoms with Crippen LogP contribution in [0.3, 0.4) is 0 Å². The smallest absolute Gasteiger partial charge is 0.303 e. The lowest BCUT2D eigenvalue weighted by molar-refractivity contribution is -0.137. The predicted molar refractivity (Wildman–Crippen MR) is 56.5 cm³/mol. The number of hydrogen-bond acceptors (Lipinski definition) is 2. The van der Waals surface area contributed by atoms with Crippen molar-refractivity contribution in [2.45, 2.75) is 38.5 Å². The zero-order valence-corrected chi connectivity index (χ0v) is 9.02. The third kappa shape index (κ3) is 4.81. The van der Waals surface area contributed by atoms with Crippen molar-refractivity contribution in [3.8, 4) is 0 Å². The number of unbranched alkanes of at least 4 members (excludes halogenated alkanes) is 1. The second-order valence-electron chi connectivity index (χ2n) is 4.22. The molecule has 0 aromatic heterocycles. The number of amides is 1. The lowest BCUT2D eigenvalue weighted by Crippen LogP contribution is -2.32. The van der Waals surface area contributed by atoms with E-state index in [9.17, 15) is 9.59 Å². The molecule has 0 unspecified atom stereocenters. The fourth-order valence-corrected chi connectivity index (χ4v) is 2.06. The summed E-state index contributed by atoms with van der Waals surface area (Å²) >= 11 is 0. The molecule has 4 nitrogen and oxygen atoms in total. The molecule has 0 saturated carbocycles. The number of piperidine rings is 1. The number of carbonyl (C=O) groups is 2. The normalized spacial score (nSPS) is 17.7. The van der Waals surface area contributed by atoms with Crippen molar-refractivity contribution < 1.29 is 14.7 Å². The van der Waals surface area contributed by atoms with Crippen molar-refractivity contribution >= 4 is 12.4 Å². The molecule has 0 atom stereocenters. The van der Waals surface area contributed by atoms with Crippen LogP contribution in [0.15, 0.2) is 0 Å². The fraction of sp³-hybridized carbons (Fsp3) is 0.818. The van der Waals surface area contributed by atoms with E-state index < -0.39 is 5.97 Å². The molecule has 0 aromatic carbocycles. The van der Waals surface area contributed by atoms with Crippen LogP contribution in [0.4, 0.5) is 0 Å². The monoisotopic (exact) mass is 213 g/mol. The molecule has 1 amide bonds. The van der Waals surface area contributed by atoms with E-state index in [-0.39, 0.29) is 6.42 Å². The van der Waals surface area contributed by atoms with Gasteiger partial charge in [0.25, 0.3) is 0 Å². The maximum atomic E-state index is 10.5. The molecule has 1 N–H and O–H groups in total. The van der Waals surface area contributed by atoms with Gasteiger partial charge in [0.1, 0.15) is 0 Å². The molecule has 0 aliphatic carbocycles. The van der Waals surface area contributed by atoms with Crippen molar-refractivity contribution in [2.75, 3.05) is 13.1 Å². The van der Waals surface area contributed by atoms with Crippen LogP contribution in [-0.4, -0.2) is 35.5 Å². The zero-order chi connectivity index (χ0) is 11.1. The van der Waals surface area contributed by atoms with Gasteiger partial charge >= 0.3 is 5.97 Å². The first-order valence-corrected chi connectivity index (χ1v) is 5.63. The number of likely N-dealkylation sites (tertiary alicyclic amines) is 1. The van der Waals surface area contributed by atoms with Gasteiger partial charge in [-0.25, -0.2) is 0 Å². The van der Waals surface area contributed by atoms with Gasteiger partial charge in [-0.15, -0.1) is 0 Å². The summed E-state index contributed by atoms with van der Waals surface area (Å²) in [6.45, 7) is 1.74. The Morgan fingerprint density at radius 3 is 2.53 bits per heavy atom. The van der Waals surface area contributed by atoms with Crippen LogP contribution in [0.1, 0.15) is 38.5 Å². The minimum atomic E-state index is -0.703. The summed E-state index contributed by atoms with van der Waals surface area (Å²) in [5.41, 5.74) is 0. The molecule has 0 aromatic rings. The Balaban J connectivity index is 2.03. The zero-order valence-electron chi connectivity index (χ0n) is 9.02. The minimum absolute atomic E-state index is 0.285. The summed E-state index contributed by atoms with van der Waals surface area (Å²) in [6.07, 6.45) is 6.24. The van der Waals surface area contributed by atoms with E-state index in [2.05, 4.69) is 0 Å². The SMILES string of the molecule is O=CN1CCC(CCCCC(=O)O)CC1. The molecule has 1 saturated heterocycles. The number of aliphatic carboxylic acids is 1. The molecule has 1 aliphatic rings. The van der Waals surface area contributed by atoms with E-state index in [0.717, 1.165) is 51.6 Å². The lowest BCUT2D eigenvalue weighted by Gasteiger charge is -2.29. The average Bonchev–Trinajstić information content (AvgIpc) is 2.25. The third-order valence-corrected chi connectivity index (χ3v) is 3.05. The van der Waals surface area contributed by atoms with Crippen molar-refractivity contribution in [3.05, 3.63) is 0 Å². The Morgan fingerprint density at radius 2 is 2.00 bits per heavy atom. The highest BCUT2D eigenvalue weighted by Gasteiger charge is 2.17. The third-order valence-electron chi connectivity index (χ3n) is 3.05. The molecule has 0 radical (unpaired) electrons. The van der Waals surface area contributed by atoms with Crippen molar-refractivity contribution in [2.24, 2.45) is 5.92 Å². The van der Waals surface area contributed by atoms with Gasteiger partial charge in [-0.3, -0.25) is 9.59 Å². The van der Waals surface area contributed by atoms with Gasteiger partial charge in [-0.2, -0.15) is 0 Å². The Hall–Kier alpha value is -1.06. The van der Waals surface area contributed by atoms with Crippen molar-refractivity contribution in [1.29, 1.82) is 0 Å². The van der Waals surface area contributed by atoms with Gasteiger partial charge in [0, 0.05) is 19.5 Å². The predicted octanol–water partition coefficient (Wildman–Crippen LogP) is 1.50. The van der Waals surface area contributed by atoms with Crippen LogP contribution >= 0.6 is 0 Å². The maximum absolute atomic E-state index is 10.5. The Labute approximate surface area is 90.3 Å². The summed E-state index contributed by atoms with van der Waals surface area (Å²) in [7, 11) is 0. The van der Waals surface area contributed by atoms with Gasteiger partial charge in [-0.05, 0) is 25.2 Å². The van der Waals surface area contributed by atoms with Gasteiger partial charge in [0.2, 0.25) is 6.41 Å². The van der Waals surface area contributed by atoms with Gasteiger partial charge < -0.3 is 10.0 Å². The van der Waals surface area contributed by atoms with Gasteiger partial charge in [0.15, 0.2) is 0 Å². The van der Waals surface area contributed by atoms with E-state index in [1.165, 1.54) is 0 Å². The first-order chi connectivity index (χ1) is 7.22. The number of carboxylic acid groups (broad SMARTS) is 1. The lowest BCUT2D eigenvalue weighted by atomic mass is 9.91. The molecule has 1 rings (SSSR count). The van der Waals surface area contributed by atoms with E-state index in [1.807, 2.05) is 4.90 Å². The Morgan fingerprint density at radius 1 is 1.33 bits per heavy atom. The van der Waals surface area contributed by atoms with E-state index >= 15 is 0 Å². The van der Waals surface area contributed by atoms with Gasteiger partial charge in [0.05, 0.1) is 0 Å². The van der Waals surface area contributed by atoms with Crippen LogP contribution in [0.2, 0.25) is 0 Å². The molecule has 15 heavy (non-hydrogen) atoms. The van der Waals surface area contributed by atoms with Crippen LogP contribution < -0.4 is 0 Å². The Bertz CT molecular complexity index is 210. The molecule has 0 bridgehead atoms. The van der Waals surface area contributed by atoms with E-state index in [1.54, 1.807) is 0 Å². The van der Waals surface area contributed by atoms with Crippen LogP contribution in [0, 0.1) is 5.92 Å². The highest BCUT2D eigenvalue weighted by Crippen LogP contribution is 2.22. The number of carbonyl (C=O) groups excluding carboxylic acids is 1. The summed E-state index contributed by atoms with van der Waals surface area (Å²) < 4.78 is 0. The molecular formula is C11H19NO3. The number of rotatable bonds is 6. The topological polar surface area (TPSA) is 57.6 Å². The average molecular weight is 213 g/mol. The molecule has 0 spiro atoms. The highest BCUT2D eigenvalue weighted by molar-refractivity contribution is 5.66. The standard InChI is InChI=1S/C11H19NO3/c13-9-12-7-5-10(6-8-12)3-1-2-4-11(14)15/h9-10H,1-8H2,(H,14,15). The van der Waals surface area contributed by atoms with Crippen LogP contribution in [-0.2, 0) is 9.59 Å². The second kappa shape index (κ2) is 6.43. The Kier molecular flexibility index (Phi) is 5.15. The number of carboxylic acids is 1. The summed E-state index contributed by atoms with van der Waals surface area (Å²) in [5.74, 6) is -0.0132. The summed E-state index contributed by atoms with van der Waals surface area (Å²) in [6, 6.07) is 0. The quantitative estimate of drug-likeness (QED) is 0.537. The molecule has 86 valence electrons. The van der Waals surface area contributed by atoms with E-state index in [0.29, 0.717) is 5.92 Å². The van der Waals surface area contributed by atoms with Crippen LogP contribution in [0.5, 0.6) is 0 Å². The van der Waals surface area contributed by atoms with Crippen LogP contribution in [0.25, 0.3) is 0 Å².